The second-order valence-corrected chi connectivity index (χ2v) is 3.70. The van der Waals surface area contributed by atoms with Crippen LogP contribution in [-0.2, 0) is 11.4 Å². The van der Waals surface area contributed by atoms with Gasteiger partial charge in [0, 0.05) is 13.6 Å². The van der Waals surface area contributed by atoms with Gasteiger partial charge in [-0.3, -0.25) is 4.84 Å². The number of allylic oxidation sites excluding steroid dienone is 1. The first-order valence-corrected chi connectivity index (χ1v) is 5.41. The smallest absolute Gasteiger partial charge is 0.0935 e. The Kier molecular flexibility index (Phi) is 5.54. The van der Waals surface area contributed by atoms with Crippen LogP contribution in [0.1, 0.15) is 12.5 Å². The third kappa shape index (κ3) is 4.91. The Labute approximate surface area is 97.8 Å². The molecule has 0 bridgehead atoms. The zero-order valence-electron chi connectivity index (χ0n) is 10.0. The van der Waals surface area contributed by atoms with Crippen LogP contribution in [-0.4, -0.2) is 18.7 Å². The lowest BCUT2D eigenvalue weighted by Gasteiger charge is -2.16. The van der Waals surface area contributed by atoms with E-state index in [-0.39, 0.29) is 0 Å². The number of hydrogen-bond acceptors (Lipinski definition) is 2. The highest BCUT2D eigenvalue weighted by atomic mass is 16.7. The molecule has 0 heterocycles. The van der Waals surface area contributed by atoms with Gasteiger partial charge in [-0.25, -0.2) is 0 Å². The van der Waals surface area contributed by atoms with Crippen LogP contribution in [0.15, 0.2) is 54.6 Å². The van der Waals surface area contributed by atoms with Gasteiger partial charge in [-0.05, 0) is 18.1 Å². The van der Waals surface area contributed by atoms with Crippen molar-refractivity contribution in [2.75, 3.05) is 13.6 Å². The van der Waals surface area contributed by atoms with Crippen molar-refractivity contribution in [3.05, 3.63) is 60.2 Å². The molecule has 2 nitrogen and oxygen atoms in total. The van der Waals surface area contributed by atoms with Gasteiger partial charge in [-0.15, -0.1) is 0 Å². The molecule has 0 spiro atoms. The van der Waals surface area contributed by atoms with E-state index in [9.17, 15) is 0 Å². The summed E-state index contributed by atoms with van der Waals surface area (Å²) in [4.78, 5) is 5.58. The van der Waals surface area contributed by atoms with Crippen molar-refractivity contribution < 1.29 is 4.84 Å². The Morgan fingerprint density at radius 2 is 2.06 bits per heavy atom. The zero-order valence-corrected chi connectivity index (χ0v) is 10.0. The Morgan fingerprint density at radius 1 is 1.38 bits per heavy atom. The van der Waals surface area contributed by atoms with Crippen LogP contribution < -0.4 is 0 Å². The summed E-state index contributed by atoms with van der Waals surface area (Å²) in [5.41, 5.74) is 2.21. The van der Waals surface area contributed by atoms with Crippen molar-refractivity contribution in [2.45, 2.75) is 13.5 Å². The standard InChI is InChI=1S/C14H19NO/c1-4-8-13(2)11-15(3)16-12-14-9-6-5-7-10-14/h4-10H,2,11-12H2,1,3H3/b8-4-. The second-order valence-electron chi connectivity index (χ2n) is 3.70. The van der Waals surface area contributed by atoms with E-state index in [4.69, 9.17) is 4.84 Å². The Hall–Kier alpha value is -1.38. The molecule has 0 aliphatic heterocycles. The molecule has 86 valence electrons. The van der Waals surface area contributed by atoms with E-state index < -0.39 is 0 Å². The predicted octanol–water partition coefficient (Wildman–Crippen LogP) is 3.18. The predicted molar refractivity (Wildman–Crippen MR) is 67.8 cm³/mol. The minimum atomic E-state index is 0.598. The summed E-state index contributed by atoms with van der Waals surface area (Å²) < 4.78 is 0. The summed E-state index contributed by atoms with van der Waals surface area (Å²) in [6.07, 6.45) is 3.97. The third-order valence-electron chi connectivity index (χ3n) is 2.12. The average Bonchev–Trinajstić information content (AvgIpc) is 2.28. The quantitative estimate of drug-likeness (QED) is 0.536. The molecular weight excluding hydrogens is 198 g/mol. The largest absolute Gasteiger partial charge is 0.294 e. The summed E-state index contributed by atoms with van der Waals surface area (Å²) in [5.74, 6) is 0. The third-order valence-corrected chi connectivity index (χ3v) is 2.12. The van der Waals surface area contributed by atoms with Gasteiger partial charge in [0.25, 0.3) is 0 Å². The van der Waals surface area contributed by atoms with Gasteiger partial charge in [-0.1, -0.05) is 49.1 Å². The number of likely N-dealkylation sites (N-methyl/N-ethyl adjacent to an activating group) is 1. The van der Waals surface area contributed by atoms with Crippen molar-refractivity contribution in [1.82, 2.24) is 5.06 Å². The SMILES string of the molecule is C=C(/C=C\C)CN(C)OCc1ccccc1. The summed E-state index contributed by atoms with van der Waals surface area (Å²) in [5, 5.41) is 1.80. The van der Waals surface area contributed by atoms with Crippen molar-refractivity contribution in [3.8, 4) is 0 Å². The molecule has 1 rings (SSSR count). The van der Waals surface area contributed by atoms with Gasteiger partial charge in [0.15, 0.2) is 0 Å². The van der Waals surface area contributed by atoms with Crippen molar-refractivity contribution in [3.63, 3.8) is 0 Å². The van der Waals surface area contributed by atoms with E-state index in [0.717, 1.165) is 12.1 Å². The fraction of sp³-hybridized carbons (Fsp3) is 0.286. The number of rotatable bonds is 6. The molecule has 0 saturated carbocycles. The van der Waals surface area contributed by atoms with Crippen molar-refractivity contribution >= 4 is 0 Å². The van der Waals surface area contributed by atoms with E-state index in [1.165, 1.54) is 5.56 Å². The van der Waals surface area contributed by atoms with E-state index in [1.807, 2.05) is 44.3 Å². The molecule has 1 aromatic carbocycles. The number of benzene rings is 1. The van der Waals surface area contributed by atoms with Crippen LogP contribution in [0.2, 0.25) is 0 Å². The Balaban J connectivity index is 2.30. The Bertz CT molecular complexity index is 343. The van der Waals surface area contributed by atoms with Crippen LogP contribution in [0.5, 0.6) is 0 Å². The van der Waals surface area contributed by atoms with E-state index in [0.29, 0.717) is 6.61 Å². The van der Waals surface area contributed by atoms with Gasteiger partial charge in [0.1, 0.15) is 0 Å². The molecule has 0 aromatic heterocycles. The van der Waals surface area contributed by atoms with Gasteiger partial charge >= 0.3 is 0 Å². The molecule has 0 fully saturated rings. The van der Waals surface area contributed by atoms with Crippen LogP contribution in [0.3, 0.4) is 0 Å². The van der Waals surface area contributed by atoms with Crippen LogP contribution in [0.4, 0.5) is 0 Å². The number of nitrogens with zero attached hydrogens (tertiary/aromatic N) is 1. The summed E-state index contributed by atoms with van der Waals surface area (Å²) in [6, 6.07) is 10.1. The highest BCUT2D eigenvalue weighted by Gasteiger charge is 1.99. The topological polar surface area (TPSA) is 12.5 Å². The van der Waals surface area contributed by atoms with E-state index >= 15 is 0 Å². The molecule has 16 heavy (non-hydrogen) atoms. The maximum atomic E-state index is 5.58. The first-order valence-electron chi connectivity index (χ1n) is 5.41. The lowest BCUT2D eigenvalue weighted by Crippen LogP contribution is -2.20. The van der Waals surface area contributed by atoms with Gasteiger partial charge in [0.05, 0.1) is 6.61 Å². The normalized spacial score (nSPS) is 11.2. The molecule has 0 unspecified atom stereocenters. The van der Waals surface area contributed by atoms with E-state index in [1.54, 1.807) is 5.06 Å². The van der Waals surface area contributed by atoms with Gasteiger partial charge < -0.3 is 0 Å². The summed E-state index contributed by atoms with van der Waals surface area (Å²) in [7, 11) is 1.91. The molecule has 0 N–H and O–H groups in total. The number of hydrogen-bond donors (Lipinski definition) is 0. The molecule has 0 saturated heterocycles. The first-order chi connectivity index (χ1) is 7.72. The lowest BCUT2D eigenvalue weighted by molar-refractivity contribution is -0.143. The van der Waals surface area contributed by atoms with Crippen LogP contribution in [0.25, 0.3) is 0 Å². The molecule has 0 radical (unpaired) electrons. The van der Waals surface area contributed by atoms with E-state index in [2.05, 4.69) is 18.7 Å². The van der Waals surface area contributed by atoms with Crippen molar-refractivity contribution in [2.24, 2.45) is 0 Å². The lowest BCUT2D eigenvalue weighted by atomic mass is 10.2. The maximum absolute atomic E-state index is 5.58. The minimum absolute atomic E-state index is 0.598. The number of hydroxylamine groups is 2. The first kappa shape index (κ1) is 12.7. The fourth-order valence-electron chi connectivity index (χ4n) is 1.38. The maximum Gasteiger partial charge on any atom is 0.0935 e. The highest BCUT2D eigenvalue weighted by molar-refractivity contribution is 5.15. The molecule has 0 aliphatic rings. The summed E-state index contributed by atoms with van der Waals surface area (Å²) >= 11 is 0. The van der Waals surface area contributed by atoms with Gasteiger partial charge in [-0.2, -0.15) is 5.06 Å². The highest BCUT2D eigenvalue weighted by Crippen LogP contribution is 2.03. The monoisotopic (exact) mass is 217 g/mol. The van der Waals surface area contributed by atoms with Crippen LogP contribution >= 0.6 is 0 Å². The van der Waals surface area contributed by atoms with Crippen LogP contribution in [0, 0.1) is 0 Å². The minimum Gasteiger partial charge on any atom is -0.294 e. The molecule has 2 heteroatoms. The van der Waals surface area contributed by atoms with Gasteiger partial charge in [0.2, 0.25) is 0 Å². The average molecular weight is 217 g/mol. The Morgan fingerprint density at radius 3 is 2.69 bits per heavy atom. The fourth-order valence-corrected chi connectivity index (χ4v) is 1.38. The summed E-state index contributed by atoms with van der Waals surface area (Å²) in [6.45, 7) is 7.23. The zero-order chi connectivity index (χ0) is 11.8. The molecule has 0 atom stereocenters. The van der Waals surface area contributed by atoms with Crippen molar-refractivity contribution in [1.29, 1.82) is 0 Å². The molecule has 1 aromatic rings. The molecule has 0 amide bonds. The second kappa shape index (κ2) is 6.99. The molecular formula is C14H19NO. The molecule has 0 aliphatic carbocycles.